The Morgan fingerprint density at radius 2 is 1.50 bits per heavy atom. The third kappa shape index (κ3) is 8.25. The average Bonchev–Trinajstić information content (AvgIpc) is 2.95. The zero-order valence-corrected chi connectivity index (χ0v) is 16.6. The highest BCUT2D eigenvalue weighted by atomic mass is 32.2. The van der Waals surface area contributed by atoms with Crippen LogP contribution in [0.5, 0.6) is 0 Å². The molecule has 9 heteroatoms. The van der Waals surface area contributed by atoms with Gasteiger partial charge in [-0.2, -0.15) is 5.10 Å². The minimum atomic E-state index is -2.99. The first-order valence-electron chi connectivity index (χ1n) is 8.08. The van der Waals surface area contributed by atoms with Gasteiger partial charge in [0.05, 0.1) is 17.5 Å². The molecule has 1 aromatic heterocycles. The summed E-state index contributed by atoms with van der Waals surface area (Å²) in [5.74, 6) is 0.275. The molecule has 0 saturated heterocycles. The summed E-state index contributed by atoms with van der Waals surface area (Å²) in [6.45, 7) is 5.35. The Hall–Kier alpha value is -0.930. The second-order valence-corrected chi connectivity index (χ2v) is 11.0. The van der Waals surface area contributed by atoms with Crippen molar-refractivity contribution in [3.8, 4) is 0 Å². The smallest absolute Gasteiger partial charge is 0.147 e. The predicted octanol–water partition coefficient (Wildman–Crippen LogP) is 1.00. The van der Waals surface area contributed by atoms with Gasteiger partial charge >= 0.3 is 0 Å². The lowest BCUT2D eigenvalue weighted by molar-refractivity contribution is 0.158. The monoisotopic (exact) mass is 379 g/mol. The quantitative estimate of drug-likeness (QED) is 0.570. The molecule has 1 rings (SSSR count). The Balaban J connectivity index is 2.70. The van der Waals surface area contributed by atoms with Gasteiger partial charge < -0.3 is 0 Å². The van der Waals surface area contributed by atoms with Gasteiger partial charge in [0, 0.05) is 30.9 Å². The third-order valence-electron chi connectivity index (χ3n) is 4.14. The molecule has 0 aliphatic rings. The van der Waals surface area contributed by atoms with Gasteiger partial charge in [-0.25, -0.2) is 16.8 Å². The normalized spacial score (nSPS) is 15.5. The minimum Gasteiger partial charge on any atom is -0.298 e. The number of hydrogen-bond donors (Lipinski definition) is 0. The molecule has 0 aliphatic carbocycles. The lowest BCUT2D eigenvalue weighted by Gasteiger charge is -2.33. The van der Waals surface area contributed by atoms with Gasteiger partial charge in [-0.15, -0.1) is 0 Å². The lowest BCUT2D eigenvalue weighted by Crippen LogP contribution is -2.41. The van der Waals surface area contributed by atoms with Gasteiger partial charge in [-0.1, -0.05) is 0 Å². The fourth-order valence-electron chi connectivity index (χ4n) is 2.63. The van der Waals surface area contributed by atoms with Crippen LogP contribution in [0.3, 0.4) is 0 Å². The molecule has 0 N–H and O–H groups in total. The Bertz CT molecular complexity index is 646. The van der Waals surface area contributed by atoms with Crippen molar-refractivity contribution in [1.29, 1.82) is 0 Å². The van der Waals surface area contributed by atoms with E-state index in [1.165, 1.54) is 12.5 Å². The highest BCUT2D eigenvalue weighted by Gasteiger charge is 2.22. The van der Waals surface area contributed by atoms with Crippen LogP contribution in [0.2, 0.25) is 0 Å². The summed E-state index contributed by atoms with van der Waals surface area (Å²) in [5, 5.41) is 4.26. The van der Waals surface area contributed by atoms with Crippen molar-refractivity contribution < 1.29 is 16.8 Å². The zero-order valence-electron chi connectivity index (χ0n) is 14.9. The topological polar surface area (TPSA) is 89.3 Å². The van der Waals surface area contributed by atoms with Crippen LogP contribution in [0, 0.1) is 0 Å². The Morgan fingerprint density at radius 1 is 1.00 bits per heavy atom. The molecule has 2 atom stereocenters. The Kier molecular flexibility index (Phi) is 7.88. The fourth-order valence-corrected chi connectivity index (χ4v) is 3.93. The summed E-state index contributed by atoms with van der Waals surface area (Å²) in [7, 11) is -5.99. The molecule has 24 heavy (non-hydrogen) atoms. The SMILES string of the molecule is C[C@H]([C@H](C)n1cccn1)N(CCCS(C)(=O)=O)CCCS(C)(=O)=O. The molecule has 0 bridgehead atoms. The Morgan fingerprint density at radius 3 is 1.88 bits per heavy atom. The van der Waals surface area contributed by atoms with Gasteiger partial charge in [0.1, 0.15) is 19.7 Å². The molecule has 0 amide bonds. The van der Waals surface area contributed by atoms with Gasteiger partial charge in [-0.05, 0) is 45.8 Å². The Labute approximate surface area is 145 Å². The molecule has 7 nitrogen and oxygen atoms in total. The van der Waals surface area contributed by atoms with E-state index >= 15 is 0 Å². The molecule has 0 radical (unpaired) electrons. The van der Waals surface area contributed by atoms with Crippen LogP contribution >= 0.6 is 0 Å². The van der Waals surface area contributed by atoms with Crippen LogP contribution < -0.4 is 0 Å². The second-order valence-electron chi connectivity index (χ2n) is 6.47. The first-order valence-corrected chi connectivity index (χ1v) is 12.2. The third-order valence-corrected chi connectivity index (χ3v) is 6.20. The van der Waals surface area contributed by atoms with Crippen molar-refractivity contribution in [2.45, 2.75) is 38.8 Å². The lowest BCUT2D eigenvalue weighted by atomic mass is 10.1. The summed E-state index contributed by atoms with van der Waals surface area (Å²) in [4.78, 5) is 2.16. The van der Waals surface area contributed by atoms with Crippen LogP contribution in [0.4, 0.5) is 0 Å². The second kappa shape index (κ2) is 8.96. The highest BCUT2D eigenvalue weighted by molar-refractivity contribution is 7.90. The number of hydrogen-bond acceptors (Lipinski definition) is 6. The van der Waals surface area contributed by atoms with E-state index in [0.717, 1.165) is 0 Å². The molecule has 140 valence electrons. The van der Waals surface area contributed by atoms with Crippen molar-refractivity contribution in [3.05, 3.63) is 18.5 Å². The maximum Gasteiger partial charge on any atom is 0.147 e. The maximum atomic E-state index is 11.3. The van der Waals surface area contributed by atoms with Gasteiger partial charge in [0.15, 0.2) is 0 Å². The van der Waals surface area contributed by atoms with Crippen LogP contribution in [0.25, 0.3) is 0 Å². The number of aromatic nitrogens is 2. The standard InChI is InChI=1S/C15H29N3O4S2/c1-14(15(2)18-11-5-8-16-18)17(9-6-12-23(3,19)20)10-7-13-24(4,21)22/h5,8,11,14-15H,6-7,9-10,12-13H2,1-4H3/t14-,15+/m1/s1. The predicted molar refractivity (Wildman–Crippen MR) is 96.6 cm³/mol. The molecule has 0 unspecified atom stereocenters. The van der Waals surface area contributed by atoms with Crippen molar-refractivity contribution in [1.82, 2.24) is 14.7 Å². The maximum absolute atomic E-state index is 11.3. The molecule has 1 heterocycles. The zero-order chi connectivity index (χ0) is 18.4. The molecule has 0 fully saturated rings. The molecule has 0 aliphatic heterocycles. The van der Waals surface area contributed by atoms with Crippen molar-refractivity contribution in [3.63, 3.8) is 0 Å². The van der Waals surface area contributed by atoms with Crippen LogP contribution in [0.15, 0.2) is 18.5 Å². The van der Waals surface area contributed by atoms with Gasteiger partial charge in [0.25, 0.3) is 0 Å². The van der Waals surface area contributed by atoms with Crippen LogP contribution in [-0.4, -0.2) is 74.7 Å². The molecular weight excluding hydrogens is 350 g/mol. The fraction of sp³-hybridized carbons (Fsp3) is 0.800. The molecule has 0 aromatic carbocycles. The summed E-state index contributed by atoms with van der Waals surface area (Å²) in [6, 6.07) is 2.08. The van der Waals surface area contributed by atoms with E-state index in [4.69, 9.17) is 0 Å². The van der Waals surface area contributed by atoms with Crippen molar-refractivity contribution >= 4 is 19.7 Å². The summed E-state index contributed by atoms with van der Waals surface area (Å²) >= 11 is 0. The van der Waals surface area contributed by atoms with E-state index in [-0.39, 0.29) is 23.6 Å². The highest BCUT2D eigenvalue weighted by Crippen LogP contribution is 2.17. The molecule has 0 spiro atoms. The van der Waals surface area contributed by atoms with E-state index in [2.05, 4.69) is 23.8 Å². The molecular formula is C15H29N3O4S2. The first kappa shape index (κ1) is 21.1. The van der Waals surface area contributed by atoms with E-state index in [0.29, 0.717) is 25.9 Å². The summed E-state index contributed by atoms with van der Waals surface area (Å²) < 4.78 is 47.2. The number of nitrogens with zero attached hydrogens (tertiary/aromatic N) is 3. The van der Waals surface area contributed by atoms with Gasteiger partial charge in [-0.3, -0.25) is 9.58 Å². The summed E-state index contributed by atoms with van der Waals surface area (Å²) in [6.07, 6.45) is 7.16. The van der Waals surface area contributed by atoms with E-state index in [1.807, 2.05) is 16.9 Å². The number of rotatable bonds is 11. The van der Waals surface area contributed by atoms with Crippen molar-refractivity contribution in [2.75, 3.05) is 37.1 Å². The van der Waals surface area contributed by atoms with Crippen LogP contribution in [-0.2, 0) is 19.7 Å². The van der Waals surface area contributed by atoms with E-state index in [1.54, 1.807) is 6.20 Å². The average molecular weight is 380 g/mol. The number of sulfone groups is 2. The largest absolute Gasteiger partial charge is 0.298 e. The molecule has 1 aromatic rings. The van der Waals surface area contributed by atoms with Crippen LogP contribution in [0.1, 0.15) is 32.7 Å². The summed E-state index contributed by atoms with van der Waals surface area (Å²) in [5.41, 5.74) is 0. The minimum absolute atomic E-state index is 0.108. The van der Waals surface area contributed by atoms with E-state index < -0.39 is 19.7 Å². The van der Waals surface area contributed by atoms with Crippen molar-refractivity contribution in [2.24, 2.45) is 0 Å². The van der Waals surface area contributed by atoms with E-state index in [9.17, 15) is 16.8 Å². The first-order chi connectivity index (χ1) is 11.0. The molecule has 0 saturated carbocycles. The van der Waals surface area contributed by atoms with Gasteiger partial charge in [0.2, 0.25) is 0 Å².